The van der Waals surface area contributed by atoms with Crippen LogP contribution in [-0.4, -0.2) is 21.6 Å². The van der Waals surface area contributed by atoms with Gasteiger partial charge in [-0.25, -0.2) is 9.97 Å². The van der Waals surface area contributed by atoms with Crippen LogP contribution in [0.15, 0.2) is 36.4 Å². The van der Waals surface area contributed by atoms with Crippen LogP contribution in [-0.2, 0) is 6.42 Å². The number of pyridine rings is 1. The van der Waals surface area contributed by atoms with Gasteiger partial charge in [0.2, 0.25) is 0 Å². The molecule has 2 aromatic heterocycles. The molecule has 0 saturated carbocycles. The van der Waals surface area contributed by atoms with Crippen LogP contribution in [0.4, 0.5) is 0 Å². The molecule has 4 rings (SSSR count). The zero-order valence-corrected chi connectivity index (χ0v) is 12.3. The van der Waals surface area contributed by atoms with Gasteiger partial charge in [0.25, 0.3) is 0 Å². The first-order chi connectivity index (χ1) is 10.3. The van der Waals surface area contributed by atoms with Crippen molar-refractivity contribution in [2.75, 3.05) is 7.11 Å². The molecule has 1 atom stereocenters. The van der Waals surface area contributed by atoms with Gasteiger partial charge in [0.15, 0.2) is 5.65 Å². The molecule has 4 nitrogen and oxygen atoms in total. The maximum absolute atomic E-state index is 6.05. The Hall–Kier alpha value is -2.07. The molecule has 3 heterocycles. The summed E-state index contributed by atoms with van der Waals surface area (Å²) in [5.41, 5.74) is 2.92. The molecule has 0 saturated heterocycles. The molecule has 3 aromatic rings. The number of aryl methyl sites for hydroxylation is 1. The molecule has 0 amide bonds. The highest BCUT2D eigenvalue weighted by Crippen LogP contribution is 2.38. The van der Waals surface area contributed by atoms with Gasteiger partial charge in [-0.3, -0.25) is 0 Å². The van der Waals surface area contributed by atoms with E-state index in [2.05, 4.69) is 20.6 Å². The number of nitrogens with zero attached hydrogens (tertiary/aromatic N) is 3. The van der Waals surface area contributed by atoms with E-state index < -0.39 is 0 Å². The van der Waals surface area contributed by atoms with Gasteiger partial charge in [0, 0.05) is 12.0 Å². The van der Waals surface area contributed by atoms with Crippen molar-refractivity contribution in [1.82, 2.24) is 14.5 Å². The Bertz CT molecular complexity index is 828. The molecule has 0 spiro atoms. The number of aromatic nitrogens is 3. The van der Waals surface area contributed by atoms with Crippen molar-refractivity contribution in [2.24, 2.45) is 0 Å². The summed E-state index contributed by atoms with van der Waals surface area (Å²) in [6, 6.07) is 12.0. The second kappa shape index (κ2) is 4.74. The molecule has 21 heavy (non-hydrogen) atoms. The lowest BCUT2D eigenvalue weighted by Crippen LogP contribution is -2.08. The summed E-state index contributed by atoms with van der Waals surface area (Å²) in [7, 11) is 1.70. The molecule has 0 aliphatic carbocycles. The van der Waals surface area contributed by atoms with E-state index >= 15 is 0 Å². The number of hydrogen-bond acceptors (Lipinski definition) is 3. The molecule has 1 aliphatic rings. The highest BCUT2D eigenvalue weighted by atomic mass is 35.5. The van der Waals surface area contributed by atoms with Gasteiger partial charge in [-0.2, -0.15) is 0 Å². The van der Waals surface area contributed by atoms with Gasteiger partial charge < -0.3 is 9.30 Å². The number of para-hydroxylation sites is 1. The molecule has 1 aromatic carbocycles. The Balaban J connectivity index is 1.93. The highest BCUT2D eigenvalue weighted by Gasteiger charge is 2.29. The first kappa shape index (κ1) is 12.7. The third-order valence-corrected chi connectivity index (χ3v) is 4.24. The number of rotatable bonds is 2. The fraction of sp³-hybridized carbons (Fsp3) is 0.250. The number of ether oxygens (including phenoxy) is 1. The molecule has 0 bridgehead atoms. The molecule has 106 valence electrons. The van der Waals surface area contributed by atoms with Crippen LogP contribution in [0, 0.1) is 0 Å². The first-order valence-electron chi connectivity index (χ1n) is 6.94. The predicted octanol–water partition coefficient (Wildman–Crippen LogP) is 3.63. The highest BCUT2D eigenvalue weighted by molar-refractivity contribution is 6.29. The zero-order chi connectivity index (χ0) is 14.4. The number of halogens is 1. The minimum absolute atomic E-state index is 0.201. The molecule has 0 N–H and O–H groups in total. The molecule has 0 radical (unpaired) electrons. The van der Waals surface area contributed by atoms with Crippen molar-refractivity contribution >= 4 is 22.8 Å². The third kappa shape index (κ3) is 1.90. The second-order valence-electron chi connectivity index (χ2n) is 5.17. The number of methoxy groups -OCH3 is 1. The lowest BCUT2D eigenvalue weighted by molar-refractivity contribution is 0.403. The third-order valence-electron chi connectivity index (χ3n) is 4.03. The summed E-state index contributed by atoms with van der Waals surface area (Å²) in [6.07, 6.45) is 1.95. The normalized spacial score (nSPS) is 17.1. The fourth-order valence-electron chi connectivity index (χ4n) is 3.13. The summed E-state index contributed by atoms with van der Waals surface area (Å²) in [5, 5.41) is 0.496. The first-order valence-corrected chi connectivity index (χ1v) is 7.32. The van der Waals surface area contributed by atoms with E-state index in [1.807, 2.05) is 24.3 Å². The number of hydrogen-bond donors (Lipinski definition) is 0. The maximum atomic E-state index is 6.05. The van der Waals surface area contributed by atoms with E-state index in [-0.39, 0.29) is 6.04 Å². The molecule has 5 heteroatoms. The van der Waals surface area contributed by atoms with Crippen LogP contribution >= 0.6 is 11.6 Å². The van der Waals surface area contributed by atoms with E-state index in [1.165, 1.54) is 5.56 Å². The minimum Gasteiger partial charge on any atom is -0.496 e. The van der Waals surface area contributed by atoms with Gasteiger partial charge in [-0.05, 0) is 24.6 Å². The van der Waals surface area contributed by atoms with Crippen molar-refractivity contribution in [3.63, 3.8) is 0 Å². The minimum atomic E-state index is 0.201. The Morgan fingerprint density at radius 2 is 2.05 bits per heavy atom. The second-order valence-corrected chi connectivity index (χ2v) is 5.56. The zero-order valence-electron chi connectivity index (χ0n) is 11.6. The Morgan fingerprint density at radius 3 is 2.90 bits per heavy atom. The standard InChI is InChI=1S/C16H14ClN3O/c1-21-13-5-3-2-4-10(13)12-7-9-15-18-11-6-8-14(17)19-16(11)20(12)15/h2-6,8,12H,7,9H2,1H3/t12-/m1/s1. The van der Waals surface area contributed by atoms with E-state index in [4.69, 9.17) is 16.3 Å². The predicted molar refractivity (Wildman–Crippen MR) is 82.0 cm³/mol. The molecule has 1 aliphatic heterocycles. The van der Waals surface area contributed by atoms with Crippen LogP contribution in [0.5, 0.6) is 5.75 Å². The van der Waals surface area contributed by atoms with Crippen molar-refractivity contribution in [3.05, 3.63) is 52.9 Å². The van der Waals surface area contributed by atoms with Gasteiger partial charge >= 0.3 is 0 Å². The quantitative estimate of drug-likeness (QED) is 0.678. The van der Waals surface area contributed by atoms with Crippen molar-refractivity contribution in [2.45, 2.75) is 18.9 Å². The summed E-state index contributed by atoms with van der Waals surface area (Å²) in [4.78, 5) is 9.13. The van der Waals surface area contributed by atoms with Gasteiger partial charge in [0.05, 0.1) is 13.2 Å². The van der Waals surface area contributed by atoms with Crippen LogP contribution < -0.4 is 4.74 Å². The van der Waals surface area contributed by atoms with Crippen LogP contribution in [0.25, 0.3) is 11.2 Å². The molecule has 0 unspecified atom stereocenters. The topological polar surface area (TPSA) is 39.9 Å². The Kier molecular flexibility index (Phi) is 2.86. The van der Waals surface area contributed by atoms with E-state index in [0.717, 1.165) is 35.6 Å². The lowest BCUT2D eigenvalue weighted by Gasteiger charge is -2.17. The SMILES string of the molecule is COc1ccccc1[C@H]1CCc2nc3ccc(Cl)nc3n21. The summed E-state index contributed by atoms with van der Waals surface area (Å²) in [5.74, 6) is 1.97. The van der Waals surface area contributed by atoms with Gasteiger partial charge in [0.1, 0.15) is 22.2 Å². The average Bonchev–Trinajstić information content (AvgIpc) is 3.06. The largest absolute Gasteiger partial charge is 0.496 e. The van der Waals surface area contributed by atoms with Gasteiger partial charge in [-0.15, -0.1) is 0 Å². The number of fused-ring (bicyclic) bond motifs is 3. The van der Waals surface area contributed by atoms with Crippen molar-refractivity contribution in [3.8, 4) is 5.75 Å². The fourth-order valence-corrected chi connectivity index (χ4v) is 3.28. The molecule has 0 fully saturated rings. The van der Waals surface area contributed by atoms with Crippen LogP contribution in [0.2, 0.25) is 5.15 Å². The Morgan fingerprint density at radius 1 is 1.19 bits per heavy atom. The monoisotopic (exact) mass is 299 g/mol. The number of benzene rings is 1. The molecular formula is C16H14ClN3O. The maximum Gasteiger partial charge on any atom is 0.162 e. The van der Waals surface area contributed by atoms with Crippen LogP contribution in [0.3, 0.4) is 0 Å². The van der Waals surface area contributed by atoms with E-state index in [9.17, 15) is 0 Å². The number of imidazole rings is 1. The summed E-state index contributed by atoms with van der Waals surface area (Å²) >= 11 is 6.05. The Labute approximate surface area is 127 Å². The van der Waals surface area contributed by atoms with E-state index in [1.54, 1.807) is 13.2 Å². The smallest absolute Gasteiger partial charge is 0.162 e. The van der Waals surface area contributed by atoms with E-state index in [0.29, 0.717) is 5.15 Å². The van der Waals surface area contributed by atoms with Crippen molar-refractivity contribution < 1.29 is 4.74 Å². The van der Waals surface area contributed by atoms with Crippen molar-refractivity contribution in [1.29, 1.82) is 0 Å². The summed E-state index contributed by atoms with van der Waals surface area (Å²) < 4.78 is 7.70. The average molecular weight is 300 g/mol. The molecular weight excluding hydrogens is 286 g/mol. The van der Waals surface area contributed by atoms with Crippen LogP contribution in [0.1, 0.15) is 23.9 Å². The van der Waals surface area contributed by atoms with Gasteiger partial charge in [-0.1, -0.05) is 29.8 Å². The lowest BCUT2D eigenvalue weighted by atomic mass is 10.0. The summed E-state index contributed by atoms with van der Waals surface area (Å²) in [6.45, 7) is 0.